The van der Waals surface area contributed by atoms with Gasteiger partial charge in [0.1, 0.15) is 0 Å². The number of urea groups is 1. The van der Waals surface area contributed by atoms with Crippen molar-refractivity contribution in [1.82, 2.24) is 10.3 Å². The molecule has 0 aliphatic rings. The summed E-state index contributed by atoms with van der Waals surface area (Å²) in [5.74, 6) is -0.0371. The smallest absolute Gasteiger partial charge is 0.320 e. The third-order valence-electron chi connectivity index (χ3n) is 1.56. The molecule has 0 spiro atoms. The summed E-state index contributed by atoms with van der Waals surface area (Å²) in [5, 5.41) is 5.35. The molecule has 1 heterocycles. The van der Waals surface area contributed by atoms with Crippen molar-refractivity contribution in [3.8, 4) is 0 Å². The number of nitrogens with one attached hydrogen (secondary N) is 2. The first kappa shape index (κ1) is 10.6. The minimum absolute atomic E-state index is 0.0371. The van der Waals surface area contributed by atoms with Gasteiger partial charge < -0.3 is 5.32 Å². The van der Waals surface area contributed by atoms with Crippen LogP contribution in [0.5, 0.6) is 0 Å². The van der Waals surface area contributed by atoms with Gasteiger partial charge in [0, 0.05) is 14.0 Å². The highest BCUT2D eigenvalue weighted by atomic mass is 32.1. The Kier molecular flexibility index (Phi) is 3.19. The van der Waals surface area contributed by atoms with Crippen LogP contribution >= 0.6 is 11.3 Å². The van der Waals surface area contributed by atoms with E-state index in [-0.39, 0.29) is 11.8 Å². The molecule has 14 heavy (non-hydrogen) atoms. The third-order valence-corrected chi connectivity index (χ3v) is 2.74. The van der Waals surface area contributed by atoms with Crippen LogP contribution in [0.2, 0.25) is 0 Å². The summed E-state index contributed by atoms with van der Waals surface area (Å²) >= 11 is 1.18. The molecule has 0 bridgehead atoms. The summed E-state index contributed by atoms with van der Waals surface area (Å²) in [6.45, 7) is 3.21. The SMILES string of the molecule is CNC(=O)Nc1nc(C)c(C(C)=O)s1. The average Bonchev–Trinajstić information content (AvgIpc) is 2.46. The van der Waals surface area contributed by atoms with Gasteiger partial charge in [-0.1, -0.05) is 11.3 Å². The van der Waals surface area contributed by atoms with Crippen LogP contribution in [0.15, 0.2) is 0 Å². The Morgan fingerprint density at radius 2 is 2.07 bits per heavy atom. The van der Waals surface area contributed by atoms with Gasteiger partial charge in [0.25, 0.3) is 0 Å². The Morgan fingerprint density at radius 1 is 1.43 bits per heavy atom. The van der Waals surface area contributed by atoms with E-state index >= 15 is 0 Å². The Morgan fingerprint density at radius 3 is 2.50 bits per heavy atom. The molecule has 1 aromatic rings. The number of carbonyl (C=O) groups is 2. The maximum absolute atomic E-state index is 11.1. The number of aromatic nitrogens is 1. The molecular formula is C8H11N3O2S. The van der Waals surface area contributed by atoms with Crippen LogP contribution in [0.25, 0.3) is 0 Å². The zero-order valence-corrected chi connectivity index (χ0v) is 8.99. The Labute approximate surface area is 85.5 Å². The summed E-state index contributed by atoms with van der Waals surface area (Å²) in [5.41, 5.74) is 0.647. The van der Waals surface area contributed by atoms with E-state index < -0.39 is 0 Å². The third kappa shape index (κ3) is 2.29. The molecule has 76 valence electrons. The second-order valence-corrected chi connectivity index (χ2v) is 3.69. The first-order valence-corrected chi connectivity index (χ1v) is 4.83. The molecule has 0 radical (unpaired) electrons. The molecule has 0 saturated heterocycles. The highest BCUT2D eigenvalue weighted by Gasteiger charge is 2.12. The van der Waals surface area contributed by atoms with Crippen LogP contribution in [-0.4, -0.2) is 23.8 Å². The lowest BCUT2D eigenvalue weighted by Crippen LogP contribution is -2.24. The number of hydrogen-bond acceptors (Lipinski definition) is 4. The molecule has 0 saturated carbocycles. The van der Waals surface area contributed by atoms with Crippen molar-refractivity contribution in [2.75, 3.05) is 12.4 Å². The van der Waals surface area contributed by atoms with Gasteiger partial charge in [-0.25, -0.2) is 9.78 Å². The molecule has 5 nitrogen and oxygen atoms in total. The van der Waals surface area contributed by atoms with Crippen LogP contribution < -0.4 is 10.6 Å². The van der Waals surface area contributed by atoms with E-state index in [9.17, 15) is 9.59 Å². The van der Waals surface area contributed by atoms with E-state index in [0.29, 0.717) is 15.7 Å². The molecule has 0 unspecified atom stereocenters. The van der Waals surface area contributed by atoms with Gasteiger partial charge in [-0.2, -0.15) is 0 Å². The van der Waals surface area contributed by atoms with Gasteiger partial charge in [0.2, 0.25) is 0 Å². The van der Waals surface area contributed by atoms with E-state index in [1.54, 1.807) is 6.92 Å². The standard InChI is InChI=1S/C8H11N3O2S/c1-4-6(5(2)12)14-8(10-4)11-7(13)9-3/h1-3H3,(H2,9,10,11,13). The summed E-state index contributed by atoms with van der Waals surface area (Å²) < 4.78 is 0. The summed E-state index contributed by atoms with van der Waals surface area (Å²) in [7, 11) is 1.52. The number of aryl methyl sites for hydroxylation is 1. The van der Waals surface area contributed by atoms with E-state index in [0.717, 1.165) is 0 Å². The molecule has 2 N–H and O–H groups in total. The number of Topliss-reactive ketones (excluding diaryl/α,β-unsaturated/α-hetero) is 1. The second kappa shape index (κ2) is 4.19. The molecular weight excluding hydrogens is 202 g/mol. The molecule has 0 aliphatic carbocycles. The van der Waals surface area contributed by atoms with Crippen molar-refractivity contribution in [2.24, 2.45) is 0 Å². The fourth-order valence-corrected chi connectivity index (χ4v) is 1.79. The predicted octanol–water partition coefficient (Wildman–Crippen LogP) is 1.41. The maximum atomic E-state index is 11.1. The van der Waals surface area contributed by atoms with E-state index in [4.69, 9.17) is 0 Å². The highest BCUT2D eigenvalue weighted by Crippen LogP contribution is 2.22. The minimum Gasteiger partial charge on any atom is -0.341 e. The molecule has 0 aliphatic heterocycles. The van der Waals surface area contributed by atoms with Gasteiger partial charge in [-0.15, -0.1) is 0 Å². The highest BCUT2D eigenvalue weighted by molar-refractivity contribution is 7.17. The van der Waals surface area contributed by atoms with Crippen LogP contribution in [0.1, 0.15) is 22.3 Å². The van der Waals surface area contributed by atoms with Crippen molar-refractivity contribution in [2.45, 2.75) is 13.8 Å². The van der Waals surface area contributed by atoms with Crippen LogP contribution in [0.3, 0.4) is 0 Å². The Bertz CT molecular complexity index is 373. The molecule has 0 atom stereocenters. The summed E-state index contributed by atoms with van der Waals surface area (Å²) in [4.78, 5) is 26.6. The normalized spacial score (nSPS) is 9.64. The topological polar surface area (TPSA) is 71.1 Å². The lowest BCUT2D eigenvalue weighted by molar-refractivity contribution is 0.102. The minimum atomic E-state index is -0.339. The molecule has 0 fully saturated rings. The van der Waals surface area contributed by atoms with Gasteiger partial charge in [0.15, 0.2) is 10.9 Å². The largest absolute Gasteiger partial charge is 0.341 e. The number of ketones is 1. The number of amides is 2. The first-order valence-electron chi connectivity index (χ1n) is 4.01. The number of rotatable bonds is 2. The molecule has 0 aromatic carbocycles. The number of nitrogens with zero attached hydrogens (tertiary/aromatic N) is 1. The summed E-state index contributed by atoms with van der Waals surface area (Å²) in [6.07, 6.45) is 0. The Balaban J connectivity index is 2.86. The van der Waals surface area contributed by atoms with Crippen LogP contribution in [-0.2, 0) is 0 Å². The van der Waals surface area contributed by atoms with Crippen LogP contribution in [0.4, 0.5) is 9.93 Å². The lowest BCUT2D eigenvalue weighted by Gasteiger charge is -1.97. The number of anilines is 1. The van der Waals surface area contributed by atoms with E-state index in [1.807, 2.05) is 0 Å². The second-order valence-electron chi connectivity index (χ2n) is 2.69. The molecule has 1 aromatic heterocycles. The van der Waals surface area contributed by atoms with Crippen molar-refractivity contribution in [1.29, 1.82) is 0 Å². The van der Waals surface area contributed by atoms with E-state index in [1.165, 1.54) is 25.3 Å². The van der Waals surface area contributed by atoms with Gasteiger partial charge in [-0.3, -0.25) is 10.1 Å². The first-order chi connectivity index (χ1) is 6.54. The monoisotopic (exact) mass is 213 g/mol. The zero-order chi connectivity index (χ0) is 10.7. The number of carbonyl (C=O) groups excluding carboxylic acids is 2. The van der Waals surface area contributed by atoms with Gasteiger partial charge in [0.05, 0.1) is 10.6 Å². The van der Waals surface area contributed by atoms with E-state index in [2.05, 4.69) is 15.6 Å². The quantitative estimate of drug-likeness (QED) is 0.729. The number of thiazole rings is 1. The van der Waals surface area contributed by atoms with Crippen molar-refractivity contribution >= 4 is 28.3 Å². The lowest BCUT2D eigenvalue weighted by atomic mass is 10.3. The maximum Gasteiger partial charge on any atom is 0.320 e. The molecule has 2 amide bonds. The van der Waals surface area contributed by atoms with Crippen molar-refractivity contribution in [3.63, 3.8) is 0 Å². The average molecular weight is 213 g/mol. The Hall–Kier alpha value is -1.43. The fraction of sp³-hybridized carbons (Fsp3) is 0.375. The summed E-state index contributed by atoms with van der Waals surface area (Å²) in [6, 6.07) is -0.339. The number of hydrogen-bond donors (Lipinski definition) is 2. The predicted molar refractivity (Wildman–Crippen MR) is 54.9 cm³/mol. The van der Waals surface area contributed by atoms with Crippen molar-refractivity contribution in [3.05, 3.63) is 10.6 Å². The van der Waals surface area contributed by atoms with Gasteiger partial charge in [-0.05, 0) is 6.92 Å². The molecule has 1 rings (SSSR count). The fourth-order valence-electron chi connectivity index (χ4n) is 0.936. The van der Waals surface area contributed by atoms with Crippen LogP contribution in [0, 0.1) is 6.92 Å². The van der Waals surface area contributed by atoms with Crippen molar-refractivity contribution < 1.29 is 9.59 Å². The zero-order valence-electron chi connectivity index (χ0n) is 8.17. The van der Waals surface area contributed by atoms with Gasteiger partial charge >= 0.3 is 6.03 Å². The molecule has 6 heteroatoms.